The minimum Gasteiger partial charge on any atom is -0.399 e. The lowest BCUT2D eigenvalue weighted by Gasteiger charge is -2.32. The van der Waals surface area contributed by atoms with Crippen molar-refractivity contribution in [3.05, 3.63) is 54.1 Å². The van der Waals surface area contributed by atoms with Crippen LogP contribution in [0.25, 0.3) is 0 Å². The first-order valence-corrected chi connectivity index (χ1v) is 9.32. The monoisotopic (exact) mass is 368 g/mol. The van der Waals surface area contributed by atoms with Crippen LogP contribution in [0.2, 0.25) is 0 Å². The summed E-state index contributed by atoms with van der Waals surface area (Å²) in [5.74, 6) is 0.582. The zero-order valence-electron chi connectivity index (χ0n) is 16.6. The van der Waals surface area contributed by atoms with Crippen molar-refractivity contribution in [1.82, 2.24) is 0 Å². The first-order valence-electron chi connectivity index (χ1n) is 9.32. The molecular weight excluding hydrogens is 339 g/mol. The number of nitrogens with two attached hydrogens (primary N) is 2. The second-order valence-corrected chi connectivity index (χ2v) is 8.16. The zero-order chi connectivity index (χ0) is 19.7. The topological polar surface area (TPSA) is 79.7 Å². The van der Waals surface area contributed by atoms with Crippen molar-refractivity contribution in [2.24, 2.45) is 0 Å². The van der Waals surface area contributed by atoms with Gasteiger partial charge in [-0.15, -0.1) is 0 Å². The second-order valence-electron chi connectivity index (χ2n) is 8.16. The van der Waals surface area contributed by atoms with Gasteiger partial charge in [0, 0.05) is 17.3 Å². The van der Waals surface area contributed by atoms with E-state index >= 15 is 0 Å². The van der Waals surface area contributed by atoms with Crippen LogP contribution in [0.3, 0.4) is 0 Å². The summed E-state index contributed by atoms with van der Waals surface area (Å²) in [7, 11) is -0.325. The molecule has 2 saturated heterocycles. The maximum absolute atomic E-state index is 5.93. The lowest BCUT2D eigenvalue weighted by molar-refractivity contribution is 0.00578. The number of hydrogen-bond acceptors (Lipinski definition) is 5. The van der Waals surface area contributed by atoms with Crippen molar-refractivity contribution in [1.29, 1.82) is 0 Å². The minimum atomic E-state index is -0.325. The molecule has 0 unspecified atom stereocenters. The van der Waals surface area contributed by atoms with Crippen LogP contribution in [0, 0.1) is 0 Å². The Hall–Kier alpha value is -2.02. The largest absolute Gasteiger partial charge is 0.494 e. The number of rotatable bonds is 2. The van der Waals surface area contributed by atoms with Crippen molar-refractivity contribution in [2.75, 3.05) is 24.7 Å². The Morgan fingerprint density at radius 1 is 0.852 bits per heavy atom. The van der Waals surface area contributed by atoms with Gasteiger partial charge in [-0.1, -0.05) is 24.3 Å². The molecule has 0 atom stereocenters. The van der Waals surface area contributed by atoms with E-state index < -0.39 is 0 Å². The van der Waals surface area contributed by atoms with Gasteiger partial charge >= 0.3 is 7.12 Å². The van der Waals surface area contributed by atoms with Gasteiger partial charge in [0.25, 0.3) is 0 Å². The molecule has 5 nitrogen and oxygen atoms in total. The van der Waals surface area contributed by atoms with E-state index in [0.717, 1.165) is 30.1 Å². The van der Waals surface area contributed by atoms with E-state index in [2.05, 4.69) is 6.07 Å². The summed E-state index contributed by atoms with van der Waals surface area (Å²) in [4.78, 5) is 0. The van der Waals surface area contributed by atoms with E-state index in [1.165, 1.54) is 5.56 Å². The zero-order valence-corrected chi connectivity index (χ0v) is 16.6. The lowest BCUT2D eigenvalue weighted by Crippen LogP contribution is -2.41. The molecule has 0 amide bonds. The molecule has 6 heteroatoms. The maximum Gasteiger partial charge on any atom is 0.494 e. The summed E-state index contributed by atoms with van der Waals surface area (Å²) in [6.07, 6.45) is 0. The summed E-state index contributed by atoms with van der Waals surface area (Å²) in [5, 5.41) is 0. The number of ether oxygens (including phenoxy) is 1. The Balaban J connectivity index is 0.000000166. The second kappa shape index (κ2) is 7.54. The molecule has 0 spiro atoms. The SMILES string of the molecule is CC1(C)OB(c2cccc(N)c2)OC1(C)C.Nc1cccc(C2COC2)c1. The van der Waals surface area contributed by atoms with Crippen molar-refractivity contribution in [2.45, 2.75) is 44.8 Å². The van der Waals surface area contributed by atoms with Crippen LogP contribution in [-0.4, -0.2) is 31.5 Å². The summed E-state index contributed by atoms with van der Waals surface area (Å²) in [6.45, 7) is 9.87. The van der Waals surface area contributed by atoms with E-state index in [1.807, 2.05) is 70.2 Å². The molecule has 27 heavy (non-hydrogen) atoms. The van der Waals surface area contributed by atoms with Gasteiger partial charge in [-0.25, -0.2) is 0 Å². The van der Waals surface area contributed by atoms with Crippen LogP contribution >= 0.6 is 0 Å². The van der Waals surface area contributed by atoms with Crippen LogP contribution in [-0.2, 0) is 14.0 Å². The summed E-state index contributed by atoms with van der Waals surface area (Å²) in [5.41, 5.74) is 14.6. The van der Waals surface area contributed by atoms with Gasteiger partial charge in [-0.2, -0.15) is 0 Å². The highest BCUT2D eigenvalue weighted by molar-refractivity contribution is 6.62. The van der Waals surface area contributed by atoms with E-state index in [4.69, 9.17) is 25.5 Å². The smallest absolute Gasteiger partial charge is 0.399 e. The Morgan fingerprint density at radius 3 is 1.89 bits per heavy atom. The van der Waals surface area contributed by atoms with Crippen molar-refractivity contribution in [3.63, 3.8) is 0 Å². The van der Waals surface area contributed by atoms with Crippen molar-refractivity contribution < 1.29 is 14.0 Å². The average Bonchev–Trinajstić information content (AvgIpc) is 2.75. The highest BCUT2D eigenvalue weighted by atomic mass is 16.7. The summed E-state index contributed by atoms with van der Waals surface area (Å²) >= 11 is 0. The third-order valence-corrected chi connectivity index (χ3v) is 5.46. The molecule has 2 heterocycles. The molecule has 0 bridgehead atoms. The predicted octanol–water partition coefficient (Wildman–Crippen LogP) is 2.95. The Labute approximate surface area is 162 Å². The molecule has 2 aromatic carbocycles. The molecule has 4 rings (SSSR count). The molecule has 0 aliphatic carbocycles. The van der Waals surface area contributed by atoms with Gasteiger partial charge in [0.2, 0.25) is 0 Å². The first-order chi connectivity index (χ1) is 12.7. The van der Waals surface area contributed by atoms with E-state index in [9.17, 15) is 0 Å². The van der Waals surface area contributed by atoms with Gasteiger partial charge < -0.3 is 25.5 Å². The molecule has 2 fully saturated rings. The molecule has 144 valence electrons. The minimum absolute atomic E-state index is 0.303. The summed E-state index contributed by atoms with van der Waals surface area (Å²) < 4.78 is 16.9. The van der Waals surface area contributed by atoms with E-state index in [1.54, 1.807) is 0 Å². The van der Waals surface area contributed by atoms with Crippen LogP contribution in [0.5, 0.6) is 0 Å². The number of anilines is 2. The van der Waals surface area contributed by atoms with Gasteiger partial charge in [0.1, 0.15) is 0 Å². The first kappa shape index (κ1) is 19.7. The molecule has 4 N–H and O–H groups in total. The molecular formula is C21H29BN2O3. The number of benzene rings is 2. The fraction of sp³-hybridized carbons (Fsp3) is 0.429. The number of nitrogen functional groups attached to an aromatic ring is 2. The molecule has 0 aromatic heterocycles. The highest BCUT2D eigenvalue weighted by Gasteiger charge is 2.51. The highest BCUT2D eigenvalue weighted by Crippen LogP contribution is 2.36. The fourth-order valence-corrected chi connectivity index (χ4v) is 2.93. The van der Waals surface area contributed by atoms with Crippen molar-refractivity contribution in [3.8, 4) is 0 Å². The summed E-state index contributed by atoms with van der Waals surface area (Å²) in [6, 6.07) is 15.6. The predicted molar refractivity (Wildman–Crippen MR) is 111 cm³/mol. The maximum atomic E-state index is 5.93. The third-order valence-electron chi connectivity index (χ3n) is 5.46. The molecule has 2 aliphatic heterocycles. The van der Waals surface area contributed by atoms with E-state index in [0.29, 0.717) is 5.92 Å². The Morgan fingerprint density at radius 2 is 1.41 bits per heavy atom. The Kier molecular flexibility index (Phi) is 5.51. The molecule has 0 radical (unpaired) electrons. The van der Waals surface area contributed by atoms with E-state index in [-0.39, 0.29) is 18.3 Å². The fourth-order valence-electron chi connectivity index (χ4n) is 2.93. The van der Waals surface area contributed by atoms with Gasteiger partial charge in [-0.05, 0) is 63.0 Å². The Bertz CT molecular complexity index is 775. The standard InChI is InChI=1S/C12H18BNO2.C9H11NO/c1-11(2)12(3,4)16-13(15-11)9-6-5-7-10(14)8-9;10-9-3-1-2-7(4-9)8-5-11-6-8/h5-8H,14H2,1-4H3;1-4,8H,5-6,10H2. The molecule has 2 aliphatic rings. The normalized spacial score (nSPS) is 20.5. The van der Waals surface area contributed by atoms with Crippen LogP contribution in [0.1, 0.15) is 39.2 Å². The quantitative estimate of drug-likeness (QED) is 0.629. The van der Waals surface area contributed by atoms with Gasteiger partial charge in [0.05, 0.1) is 24.4 Å². The average molecular weight is 368 g/mol. The lowest BCUT2D eigenvalue weighted by atomic mass is 9.79. The van der Waals surface area contributed by atoms with Crippen LogP contribution in [0.15, 0.2) is 48.5 Å². The third kappa shape index (κ3) is 4.46. The van der Waals surface area contributed by atoms with Crippen molar-refractivity contribution >= 4 is 24.0 Å². The number of hydrogen-bond donors (Lipinski definition) is 2. The van der Waals surface area contributed by atoms with Gasteiger partial charge in [-0.3, -0.25) is 0 Å². The van der Waals surface area contributed by atoms with Crippen LogP contribution < -0.4 is 16.9 Å². The molecule has 2 aromatic rings. The van der Waals surface area contributed by atoms with Crippen LogP contribution in [0.4, 0.5) is 11.4 Å². The van der Waals surface area contributed by atoms with Gasteiger partial charge in [0.15, 0.2) is 0 Å². The molecule has 0 saturated carbocycles.